The van der Waals surface area contributed by atoms with Crippen molar-refractivity contribution in [2.75, 3.05) is 0 Å². The lowest BCUT2D eigenvalue weighted by Gasteiger charge is -2.11. The van der Waals surface area contributed by atoms with Crippen LogP contribution < -0.4 is 4.74 Å². The van der Waals surface area contributed by atoms with Crippen LogP contribution in [0, 0.1) is 15.2 Å². The summed E-state index contributed by atoms with van der Waals surface area (Å²) in [7, 11) is 0. The van der Waals surface area contributed by atoms with Crippen molar-refractivity contribution in [1.29, 1.82) is 0 Å². The lowest BCUT2D eigenvalue weighted by Crippen LogP contribution is -2.05. The van der Waals surface area contributed by atoms with Crippen LogP contribution in [-0.2, 0) is 6.61 Å². The SMILES string of the molecule is O=C(Cl)c1cc(F)c(OCc2ccccc2)c(F)c1I. The van der Waals surface area contributed by atoms with E-state index in [1.54, 1.807) is 46.9 Å². The molecule has 2 nitrogen and oxygen atoms in total. The van der Waals surface area contributed by atoms with E-state index in [2.05, 4.69) is 0 Å². The second kappa shape index (κ2) is 6.49. The van der Waals surface area contributed by atoms with Gasteiger partial charge in [-0.3, -0.25) is 4.79 Å². The molecule has 0 saturated carbocycles. The third-order valence-corrected chi connectivity index (χ3v) is 3.81. The molecule has 0 N–H and O–H groups in total. The van der Waals surface area contributed by atoms with Gasteiger partial charge in [-0.05, 0) is 45.8 Å². The summed E-state index contributed by atoms with van der Waals surface area (Å²) in [4.78, 5) is 11.0. The number of ether oxygens (including phenoxy) is 1. The molecular weight excluding hydrogens is 401 g/mol. The fourth-order valence-corrected chi connectivity index (χ4v) is 2.54. The number of rotatable bonds is 4. The molecule has 2 aromatic rings. The molecule has 2 aromatic carbocycles. The van der Waals surface area contributed by atoms with E-state index in [0.717, 1.165) is 11.6 Å². The van der Waals surface area contributed by atoms with Gasteiger partial charge in [0.15, 0.2) is 17.4 Å². The van der Waals surface area contributed by atoms with E-state index in [1.165, 1.54) is 0 Å². The fourth-order valence-electron chi connectivity index (χ4n) is 1.58. The minimum atomic E-state index is -0.956. The van der Waals surface area contributed by atoms with Gasteiger partial charge in [0.25, 0.3) is 5.24 Å². The molecule has 20 heavy (non-hydrogen) atoms. The largest absolute Gasteiger partial charge is 0.483 e. The summed E-state index contributed by atoms with van der Waals surface area (Å²) in [5, 5.41) is -0.915. The monoisotopic (exact) mass is 408 g/mol. The molecule has 6 heteroatoms. The molecule has 0 amide bonds. The van der Waals surface area contributed by atoms with E-state index in [9.17, 15) is 13.6 Å². The highest BCUT2D eigenvalue weighted by molar-refractivity contribution is 14.1. The van der Waals surface area contributed by atoms with Gasteiger partial charge >= 0.3 is 0 Å². The van der Waals surface area contributed by atoms with E-state index in [0.29, 0.717) is 0 Å². The standard InChI is InChI=1S/C14H8ClF2IO2/c15-14(19)9-6-10(16)13(11(17)12(9)18)20-7-8-4-2-1-3-5-8/h1-6H,7H2. The Morgan fingerprint density at radius 1 is 1.25 bits per heavy atom. The average Bonchev–Trinajstić information content (AvgIpc) is 2.43. The Balaban J connectivity index is 2.29. The van der Waals surface area contributed by atoms with Crippen LogP contribution in [0.3, 0.4) is 0 Å². The average molecular weight is 409 g/mol. The van der Waals surface area contributed by atoms with Gasteiger partial charge in [-0.2, -0.15) is 0 Å². The van der Waals surface area contributed by atoms with Crippen molar-refractivity contribution in [2.45, 2.75) is 6.61 Å². The van der Waals surface area contributed by atoms with E-state index in [-0.39, 0.29) is 15.7 Å². The number of hydrogen-bond donors (Lipinski definition) is 0. The lowest BCUT2D eigenvalue weighted by molar-refractivity contribution is 0.107. The van der Waals surface area contributed by atoms with Crippen molar-refractivity contribution >= 4 is 39.4 Å². The Bertz CT molecular complexity index is 647. The molecule has 0 heterocycles. The zero-order valence-electron chi connectivity index (χ0n) is 10.00. The van der Waals surface area contributed by atoms with Crippen molar-refractivity contribution in [3.05, 3.63) is 62.7 Å². The maximum atomic E-state index is 14.0. The number of halogens is 4. The topological polar surface area (TPSA) is 26.3 Å². The molecule has 104 valence electrons. The second-order valence-electron chi connectivity index (χ2n) is 3.91. The van der Waals surface area contributed by atoms with E-state index >= 15 is 0 Å². The van der Waals surface area contributed by atoms with E-state index in [1.807, 2.05) is 6.07 Å². The molecule has 0 aromatic heterocycles. The minimum Gasteiger partial charge on any atom is -0.483 e. The molecular formula is C14H8ClF2IO2. The Hall–Kier alpha value is -1.21. The molecule has 0 saturated heterocycles. The highest BCUT2D eigenvalue weighted by Gasteiger charge is 2.21. The van der Waals surface area contributed by atoms with Gasteiger partial charge in [0, 0.05) is 0 Å². The zero-order chi connectivity index (χ0) is 14.7. The Morgan fingerprint density at radius 3 is 2.50 bits per heavy atom. The third-order valence-electron chi connectivity index (χ3n) is 2.55. The van der Waals surface area contributed by atoms with Crippen LogP contribution in [0.15, 0.2) is 36.4 Å². The molecule has 0 aliphatic rings. The highest BCUT2D eigenvalue weighted by Crippen LogP contribution is 2.30. The van der Waals surface area contributed by atoms with Gasteiger partial charge in [0.2, 0.25) is 0 Å². The quantitative estimate of drug-likeness (QED) is 0.422. The van der Waals surface area contributed by atoms with Crippen LogP contribution in [0.25, 0.3) is 0 Å². The van der Waals surface area contributed by atoms with Gasteiger partial charge < -0.3 is 4.74 Å². The Kier molecular flexibility index (Phi) is 4.93. The highest BCUT2D eigenvalue weighted by atomic mass is 127. The number of carbonyl (C=O) groups is 1. The summed E-state index contributed by atoms with van der Waals surface area (Å²) in [5.41, 5.74) is 0.563. The predicted octanol–water partition coefficient (Wildman–Crippen LogP) is 4.53. The summed E-state index contributed by atoms with van der Waals surface area (Å²) >= 11 is 6.85. The van der Waals surface area contributed by atoms with Crippen molar-refractivity contribution in [3.63, 3.8) is 0 Å². The first-order valence-corrected chi connectivity index (χ1v) is 7.00. The van der Waals surface area contributed by atoms with Crippen LogP contribution in [0.5, 0.6) is 5.75 Å². The van der Waals surface area contributed by atoms with E-state index in [4.69, 9.17) is 16.3 Å². The molecule has 2 rings (SSSR count). The molecule has 0 bridgehead atoms. The fraction of sp³-hybridized carbons (Fsp3) is 0.0714. The normalized spacial score (nSPS) is 10.4. The van der Waals surface area contributed by atoms with Crippen LogP contribution in [0.2, 0.25) is 0 Å². The molecule has 0 fully saturated rings. The van der Waals surface area contributed by atoms with E-state index < -0.39 is 22.6 Å². The predicted molar refractivity (Wildman–Crippen MR) is 80.0 cm³/mol. The van der Waals surface area contributed by atoms with Crippen LogP contribution >= 0.6 is 34.2 Å². The molecule has 0 unspecified atom stereocenters. The smallest absolute Gasteiger partial charge is 0.253 e. The molecule has 0 atom stereocenters. The maximum absolute atomic E-state index is 14.0. The van der Waals surface area contributed by atoms with Crippen molar-refractivity contribution in [2.24, 2.45) is 0 Å². The lowest BCUT2D eigenvalue weighted by atomic mass is 10.2. The van der Waals surface area contributed by atoms with Crippen LogP contribution in [0.4, 0.5) is 8.78 Å². The molecule has 0 aliphatic heterocycles. The summed E-state index contributed by atoms with van der Waals surface area (Å²) < 4.78 is 32.9. The molecule has 0 radical (unpaired) electrons. The first kappa shape index (κ1) is 15.2. The van der Waals surface area contributed by atoms with Gasteiger partial charge in [-0.1, -0.05) is 30.3 Å². The summed E-state index contributed by atoms with van der Waals surface area (Å²) in [6.45, 7) is 0.0267. The number of benzene rings is 2. The minimum absolute atomic E-state index is 0.0267. The van der Waals surface area contributed by atoms with Crippen LogP contribution in [0.1, 0.15) is 15.9 Å². The number of hydrogen-bond acceptors (Lipinski definition) is 2. The summed E-state index contributed by atoms with van der Waals surface area (Å²) in [6.07, 6.45) is 0. The van der Waals surface area contributed by atoms with Crippen molar-refractivity contribution in [3.8, 4) is 5.75 Å². The first-order chi connectivity index (χ1) is 9.50. The van der Waals surface area contributed by atoms with Gasteiger partial charge in [-0.15, -0.1) is 0 Å². The van der Waals surface area contributed by atoms with Gasteiger partial charge in [0.1, 0.15) is 6.61 Å². The number of carbonyl (C=O) groups excluding carboxylic acids is 1. The second-order valence-corrected chi connectivity index (χ2v) is 5.33. The maximum Gasteiger partial charge on any atom is 0.253 e. The third kappa shape index (κ3) is 3.27. The summed E-state index contributed by atoms with van der Waals surface area (Å²) in [5.74, 6) is -2.40. The Labute approximate surface area is 132 Å². The zero-order valence-corrected chi connectivity index (χ0v) is 12.9. The molecule has 0 aliphatic carbocycles. The first-order valence-electron chi connectivity index (χ1n) is 5.54. The van der Waals surface area contributed by atoms with Gasteiger partial charge in [0.05, 0.1) is 9.13 Å². The van der Waals surface area contributed by atoms with Crippen LogP contribution in [-0.4, -0.2) is 5.24 Å². The van der Waals surface area contributed by atoms with Crippen molar-refractivity contribution < 1.29 is 18.3 Å². The summed E-state index contributed by atoms with van der Waals surface area (Å²) in [6, 6.07) is 9.85. The van der Waals surface area contributed by atoms with Crippen molar-refractivity contribution in [1.82, 2.24) is 0 Å². The van der Waals surface area contributed by atoms with Gasteiger partial charge in [-0.25, -0.2) is 8.78 Å². The Morgan fingerprint density at radius 2 is 1.90 bits per heavy atom. The molecule has 0 spiro atoms.